The molecule has 23 heavy (non-hydrogen) atoms. The number of ether oxygens (including phenoxy) is 2. The first kappa shape index (κ1) is 22.9. The van der Waals surface area contributed by atoms with Crippen molar-refractivity contribution in [1.29, 1.82) is 0 Å². The SMILES string of the molecule is CC(C)CN1CCOC(CNC(=O)[C@@H]2CC[C@H](CN)O2)C1.Cl.Cl. The third-order valence-corrected chi connectivity index (χ3v) is 4.01. The minimum absolute atomic E-state index is 0. The second-order valence-electron chi connectivity index (χ2n) is 6.45. The number of rotatable bonds is 6. The molecule has 138 valence electrons. The summed E-state index contributed by atoms with van der Waals surface area (Å²) in [5, 5.41) is 2.96. The lowest BCUT2D eigenvalue weighted by molar-refractivity contribution is -0.133. The fourth-order valence-corrected chi connectivity index (χ4v) is 2.99. The molecule has 2 aliphatic rings. The lowest BCUT2D eigenvalue weighted by Crippen LogP contribution is -2.49. The van der Waals surface area contributed by atoms with Crippen LogP contribution in [0.3, 0.4) is 0 Å². The van der Waals surface area contributed by atoms with Crippen molar-refractivity contribution in [3.63, 3.8) is 0 Å². The highest BCUT2D eigenvalue weighted by atomic mass is 35.5. The van der Waals surface area contributed by atoms with E-state index in [4.69, 9.17) is 15.2 Å². The monoisotopic (exact) mass is 371 g/mol. The van der Waals surface area contributed by atoms with Gasteiger partial charge in [0.1, 0.15) is 6.10 Å². The molecule has 3 N–H and O–H groups in total. The number of morpholine rings is 1. The summed E-state index contributed by atoms with van der Waals surface area (Å²) in [7, 11) is 0. The molecule has 3 atom stereocenters. The summed E-state index contributed by atoms with van der Waals surface area (Å²) < 4.78 is 11.3. The van der Waals surface area contributed by atoms with Crippen molar-refractivity contribution < 1.29 is 14.3 Å². The largest absolute Gasteiger partial charge is 0.374 e. The Bertz CT molecular complexity index is 348. The minimum atomic E-state index is -0.339. The van der Waals surface area contributed by atoms with E-state index in [0.29, 0.717) is 19.0 Å². The average Bonchev–Trinajstić information content (AvgIpc) is 2.93. The fourth-order valence-electron chi connectivity index (χ4n) is 2.99. The van der Waals surface area contributed by atoms with E-state index >= 15 is 0 Å². The number of nitrogens with zero attached hydrogens (tertiary/aromatic N) is 1. The summed E-state index contributed by atoms with van der Waals surface area (Å²) >= 11 is 0. The standard InChI is InChI=1S/C15H29N3O3.2ClH/c1-11(2)9-18-5-6-20-13(10-18)8-17-15(19)14-4-3-12(7-16)21-14;;/h11-14H,3-10,16H2,1-2H3,(H,17,19);2*1H/t12-,13?,14+;;/m1../s1. The second-order valence-corrected chi connectivity index (χ2v) is 6.45. The highest BCUT2D eigenvalue weighted by Crippen LogP contribution is 2.18. The Morgan fingerprint density at radius 3 is 2.65 bits per heavy atom. The van der Waals surface area contributed by atoms with Crippen LogP contribution in [-0.2, 0) is 14.3 Å². The van der Waals surface area contributed by atoms with E-state index in [-0.39, 0.29) is 49.0 Å². The number of nitrogens with one attached hydrogen (secondary N) is 1. The molecule has 2 heterocycles. The first-order valence-electron chi connectivity index (χ1n) is 8.05. The van der Waals surface area contributed by atoms with Crippen molar-refractivity contribution >= 4 is 30.7 Å². The van der Waals surface area contributed by atoms with Crippen LogP contribution in [0.5, 0.6) is 0 Å². The molecule has 2 saturated heterocycles. The zero-order valence-electron chi connectivity index (χ0n) is 14.0. The molecule has 6 nitrogen and oxygen atoms in total. The van der Waals surface area contributed by atoms with Gasteiger partial charge >= 0.3 is 0 Å². The first-order valence-corrected chi connectivity index (χ1v) is 8.05. The Hall–Kier alpha value is -0.110. The van der Waals surface area contributed by atoms with Gasteiger partial charge in [-0.05, 0) is 18.8 Å². The van der Waals surface area contributed by atoms with E-state index in [2.05, 4.69) is 24.1 Å². The molecule has 1 unspecified atom stereocenters. The number of nitrogens with two attached hydrogens (primary N) is 1. The number of carbonyl (C=O) groups excluding carboxylic acids is 1. The first-order chi connectivity index (χ1) is 10.1. The molecule has 1 amide bonds. The Balaban J connectivity index is 0.00000242. The van der Waals surface area contributed by atoms with Gasteiger partial charge in [0.2, 0.25) is 5.91 Å². The molecule has 0 spiro atoms. The van der Waals surface area contributed by atoms with Crippen LogP contribution in [0.4, 0.5) is 0 Å². The third kappa shape index (κ3) is 7.54. The Morgan fingerprint density at radius 1 is 1.30 bits per heavy atom. The zero-order chi connectivity index (χ0) is 15.2. The van der Waals surface area contributed by atoms with Gasteiger partial charge in [-0.25, -0.2) is 0 Å². The van der Waals surface area contributed by atoms with Gasteiger partial charge in [0.15, 0.2) is 0 Å². The molecule has 2 rings (SSSR count). The molecule has 0 bridgehead atoms. The number of hydrogen-bond acceptors (Lipinski definition) is 5. The maximum atomic E-state index is 12.1. The number of hydrogen-bond donors (Lipinski definition) is 2. The maximum Gasteiger partial charge on any atom is 0.249 e. The van der Waals surface area contributed by atoms with Crippen molar-refractivity contribution in [2.75, 3.05) is 39.3 Å². The quantitative estimate of drug-likeness (QED) is 0.722. The maximum absolute atomic E-state index is 12.1. The fraction of sp³-hybridized carbons (Fsp3) is 0.933. The summed E-state index contributed by atoms with van der Waals surface area (Å²) in [5.41, 5.74) is 5.56. The highest BCUT2D eigenvalue weighted by molar-refractivity contribution is 5.85. The van der Waals surface area contributed by atoms with Gasteiger partial charge in [-0.3, -0.25) is 9.69 Å². The van der Waals surface area contributed by atoms with E-state index in [0.717, 1.165) is 39.1 Å². The highest BCUT2D eigenvalue weighted by Gasteiger charge is 2.30. The normalized spacial score (nSPS) is 28.1. The summed E-state index contributed by atoms with van der Waals surface area (Å²) in [6.07, 6.45) is 1.41. The molecule has 0 saturated carbocycles. The van der Waals surface area contributed by atoms with Gasteiger partial charge in [0.25, 0.3) is 0 Å². The molecule has 0 aromatic heterocycles. The van der Waals surface area contributed by atoms with Gasteiger partial charge in [0.05, 0.1) is 18.8 Å². The Morgan fingerprint density at radius 2 is 2.04 bits per heavy atom. The lowest BCUT2D eigenvalue weighted by Gasteiger charge is -2.34. The summed E-state index contributed by atoms with van der Waals surface area (Å²) in [4.78, 5) is 14.5. The second kappa shape index (κ2) is 11.4. The predicted molar refractivity (Wildman–Crippen MR) is 95.5 cm³/mol. The van der Waals surface area contributed by atoms with Crippen molar-refractivity contribution in [3.8, 4) is 0 Å². The Labute approximate surface area is 151 Å². The summed E-state index contributed by atoms with van der Waals surface area (Å²) in [6.45, 7) is 9.16. The van der Waals surface area contributed by atoms with E-state index in [1.807, 2.05) is 0 Å². The zero-order valence-corrected chi connectivity index (χ0v) is 15.7. The molecular weight excluding hydrogens is 341 g/mol. The lowest BCUT2D eigenvalue weighted by atomic mass is 10.1. The van der Waals surface area contributed by atoms with Crippen LogP contribution in [0.15, 0.2) is 0 Å². The van der Waals surface area contributed by atoms with Crippen molar-refractivity contribution in [2.45, 2.75) is 45.0 Å². The van der Waals surface area contributed by atoms with E-state index in [1.54, 1.807) is 0 Å². The minimum Gasteiger partial charge on any atom is -0.374 e. The third-order valence-electron chi connectivity index (χ3n) is 4.01. The van der Waals surface area contributed by atoms with Crippen molar-refractivity contribution in [1.82, 2.24) is 10.2 Å². The van der Waals surface area contributed by atoms with Crippen molar-refractivity contribution in [2.24, 2.45) is 11.7 Å². The van der Waals surface area contributed by atoms with Crippen LogP contribution < -0.4 is 11.1 Å². The van der Waals surface area contributed by atoms with Crippen LogP contribution in [0.1, 0.15) is 26.7 Å². The molecule has 2 fully saturated rings. The van der Waals surface area contributed by atoms with Crippen LogP contribution in [-0.4, -0.2) is 68.4 Å². The van der Waals surface area contributed by atoms with Gasteiger partial charge in [-0.2, -0.15) is 0 Å². The van der Waals surface area contributed by atoms with Gasteiger partial charge in [-0.1, -0.05) is 13.8 Å². The van der Waals surface area contributed by atoms with Gasteiger partial charge in [0, 0.05) is 32.7 Å². The summed E-state index contributed by atoms with van der Waals surface area (Å²) in [6, 6.07) is 0. The number of amides is 1. The predicted octanol–water partition coefficient (Wildman–Crippen LogP) is 0.809. The molecular formula is C15H31Cl2N3O3. The molecule has 0 aromatic carbocycles. The smallest absolute Gasteiger partial charge is 0.249 e. The Kier molecular flexibility index (Phi) is 11.4. The molecule has 0 radical (unpaired) electrons. The van der Waals surface area contributed by atoms with E-state index in [9.17, 15) is 4.79 Å². The van der Waals surface area contributed by atoms with E-state index < -0.39 is 0 Å². The molecule has 2 aliphatic heterocycles. The van der Waals surface area contributed by atoms with Crippen LogP contribution >= 0.6 is 24.8 Å². The van der Waals surface area contributed by atoms with E-state index in [1.165, 1.54) is 0 Å². The number of halogens is 2. The topological polar surface area (TPSA) is 76.8 Å². The van der Waals surface area contributed by atoms with Gasteiger partial charge in [-0.15, -0.1) is 24.8 Å². The molecule has 8 heteroatoms. The van der Waals surface area contributed by atoms with Crippen molar-refractivity contribution in [3.05, 3.63) is 0 Å². The van der Waals surface area contributed by atoms with Gasteiger partial charge < -0.3 is 20.5 Å². The molecule has 0 aliphatic carbocycles. The molecule has 0 aromatic rings. The average molecular weight is 372 g/mol. The van der Waals surface area contributed by atoms with Crippen LogP contribution in [0.2, 0.25) is 0 Å². The number of carbonyl (C=O) groups is 1. The van der Waals surface area contributed by atoms with Crippen LogP contribution in [0, 0.1) is 5.92 Å². The summed E-state index contributed by atoms with van der Waals surface area (Å²) in [5.74, 6) is 0.619. The van der Waals surface area contributed by atoms with Crippen LogP contribution in [0.25, 0.3) is 0 Å².